The molecular weight excluding hydrogens is 213 g/mol. The van der Waals surface area contributed by atoms with Crippen LogP contribution in [0.4, 0.5) is 4.39 Å². The van der Waals surface area contributed by atoms with Crippen molar-refractivity contribution in [3.8, 4) is 0 Å². The summed E-state index contributed by atoms with van der Waals surface area (Å²) in [5.41, 5.74) is -0.876. The zero-order valence-corrected chi connectivity index (χ0v) is 7.49. The number of aromatic carboxylic acids is 1. The topological polar surface area (TPSA) is 77.8 Å². The minimum absolute atomic E-state index is 0.371. The van der Waals surface area contributed by atoms with Crippen molar-refractivity contribution in [1.29, 1.82) is 0 Å². The van der Waals surface area contributed by atoms with Crippen LogP contribution >= 0.6 is 11.6 Å². The Balaban J connectivity index is 3.40. The maximum Gasteiger partial charge on any atom is 0.490 e. The lowest BCUT2D eigenvalue weighted by Gasteiger charge is -2.05. The van der Waals surface area contributed by atoms with Gasteiger partial charge in [0.1, 0.15) is 5.82 Å². The predicted molar refractivity (Wildman–Crippen MR) is 48.2 cm³/mol. The number of hydrogen-bond acceptors (Lipinski definition) is 3. The van der Waals surface area contributed by atoms with E-state index in [4.69, 9.17) is 26.8 Å². The lowest BCUT2D eigenvalue weighted by Crippen LogP contribution is -2.32. The van der Waals surface area contributed by atoms with Crippen LogP contribution in [0.2, 0.25) is 5.02 Å². The number of hydrogen-bond donors (Lipinski definition) is 3. The van der Waals surface area contributed by atoms with Gasteiger partial charge in [0.25, 0.3) is 0 Å². The first-order chi connectivity index (χ1) is 6.43. The van der Waals surface area contributed by atoms with Crippen molar-refractivity contribution in [3.05, 3.63) is 28.5 Å². The van der Waals surface area contributed by atoms with Crippen molar-refractivity contribution in [2.75, 3.05) is 0 Å². The Bertz CT molecular complexity index is 382. The fraction of sp³-hybridized carbons (Fsp3) is 0. The molecule has 0 aromatic heterocycles. The van der Waals surface area contributed by atoms with E-state index in [0.717, 1.165) is 6.07 Å². The second-order valence-electron chi connectivity index (χ2n) is 2.54. The van der Waals surface area contributed by atoms with Crippen LogP contribution < -0.4 is 5.46 Å². The van der Waals surface area contributed by atoms with Crippen LogP contribution in [0.1, 0.15) is 10.4 Å². The van der Waals surface area contributed by atoms with Gasteiger partial charge in [-0.1, -0.05) is 11.6 Å². The first kappa shape index (κ1) is 11.0. The molecule has 0 aliphatic heterocycles. The van der Waals surface area contributed by atoms with Crippen LogP contribution in [-0.4, -0.2) is 28.2 Å². The number of halogens is 2. The molecule has 1 rings (SSSR count). The fourth-order valence-electron chi connectivity index (χ4n) is 0.954. The molecule has 1 aromatic rings. The summed E-state index contributed by atoms with van der Waals surface area (Å²) in [7, 11) is -2.00. The third-order valence-electron chi connectivity index (χ3n) is 1.57. The van der Waals surface area contributed by atoms with Gasteiger partial charge in [0, 0.05) is 5.46 Å². The second kappa shape index (κ2) is 3.95. The van der Waals surface area contributed by atoms with E-state index < -0.39 is 24.5 Å². The molecule has 4 nitrogen and oxygen atoms in total. The molecule has 0 atom stereocenters. The molecule has 0 aliphatic rings. The molecule has 0 aliphatic carbocycles. The van der Waals surface area contributed by atoms with Gasteiger partial charge in [0.05, 0.1) is 10.6 Å². The fourth-order valence-corrected chi connectivity index (χ4v) is 1.24. The normalized spacial score (nSPS) is 10.0. The van der Waals surface area contributed by atoms with Crippen LogP contribution in [0, 0.1) is 5.82 Å². The minimum atomic E-state index is -2.00. The van der Waals surface area contributed by atoms with Gasteiger partial charge in [-0.25, -0.2) is 9.18 Å². The number of carboxylic acid groups (broad SMARTS) is 1. The summed E-state index contributed by atoms with van der Waals surface area (Å²) in [5, 5.41) is 25.7. The quantitative estimate of drug-likeness (QED) is 0.604. The Labute approximate surface area is 83.7 Å². The highest BCUT2D eigenvalue weighted by Crippen LogP contribution is 2.15. The third kappa shape index (κ3) is 2.04. The Morgan fingerprint density at radius 3 is 2.43 bits per heavy atom. The molecule has 0 bridgehead atoms. The van der Waals surface area contributed by atoms with E-state index in [-0.39, 0.29) is 10.5 Å². The zero-order chi connectivity index (χ0) is 10.9. The van der Waals surface area contributed by atoms with Gasteiger partial charge in [0.2, 0.25) is 0 Å². The maximum absolute atomic E-state index is 12.8. The van der Waals surface area contributed by atoms with Crippen LogP contribution in [0.5, 0.6) is 0 Å². The zero-order valence-electron chi connectivity index (χ0n) is 6.74. The van der Waals surface area contributed by atoms with Crippen molar-refractivity contribution < 1.29 is 24.3 Å². The summed E-state index contributed by atoms with van der Waals surface area (Å²) in [4.78, 5) is 10.5. The van der Waals surface area contributed by atoms with Crippen molar-refractivity contribution >= 4 is 30.2 Å². The van der Waals surface area contributed by atoms with Crippen molar-refractivity contribution in [2.24, 2.45) is 0 Å². The molecule has 0 fully saturated rings. The average Bonchev–Trinajstić information content (AvgIpc) is 2.07. The molecule has 0 radical (unpaired) electrons. The number of carboxylic acids is 1. The molecule has 0 saturated carbocycles. The van der Waals surface area contributed by atoms with Crippen LogP contribution in [0.25, 0.3) is 0 Å². The lowest BCUT2D eigenvalue weighted by molar-refractivity contribution is 0.0696. The van der Waals surface area contributed by atoms with E-state index in [1.807, 2.05) is 0 Å². The highest BCUT2D eigenvalue weighted by molar-refractivity contribution is 6.63. The SMILES string of the molecule is O=C(O)c1cc(F)cc(B(O)O)c1Cl. The Morgan fingerprint density at radius 2 is 2.00 bits per heavy atom. The minimum Gasteiger partial charge on any atom is -0.478 e. The third-order valence-corrected chi connectivity index (χ3v) is 2.00. The summed E-state index contributed by atoms with van der Waals surface area (Å²) in [5.74, 6) is -2.33. The van der Waals surface area contributed by atoms with E-state index in [9.17, 15) is 9.18 Å². The summed E-state index contributed by atoms with van der Waals surface area (Å²) in [6, 6.07) is 1.47. The van der Waals surface area contributed by atoms with Crippen molar-refractivity contribution in [2.45, 2.75) is 0 Å². The molecule has 7 heteroatoms. The van der Waals surface area contributed by atoms with Gasteiger partial charge in [-0.3, -0.25) is 0 Å². The number of benzene rings is 1. The van der Waals surface area contributed by atoms with Crippen molar-refractivity contribution in [1.82, 2.24) is 0 Å². The molecule has 0 saturated heterocycles. The van der Waals surface area contributed by atoms with Gasteiger partial charge in [-0.2, -0.15) is 0 Å². The molecule has 0 heterocycles. The molecule has 0 unspecified atom stereocenters. The molecule has 0 amide bonds. The summed E-state index contributed by atoms with van der Waals surface area (Å²) in [6.45, 7) is 0. The van der Waals surface area contributed by atoms with Crippen LogP contribution in [0.3, 0.4) is 0 Å². The Kier molecular flexibility index (Phi) is 3.10. The van der Waals surface area contributed by atoms with Gasteiger partial charge >= 0.3 is 13.1 Å². The maximum atomic E-state index is 12.8. The standard InChI is InChI=1S/C7H5BClFO4/c9-6-4(7(11)12)1-3(10)2-5(6)8(13)14/h1-2,13-14H,(H,11,12). The molecule has 3 N–H and O–H groups in total. The van der Waals surface area contributed by atoms with Crippen molar-refractivity contribution in [3.63, 3.8) is 0 Å². The molecule has 74 valence electrons. The smallest absolute Gasteiger partial charge is 0.478 e. The van der Waals surface area contributed by atoms with E-state index in [0.29, 0.717) is 6.07 Å². The first-order valence-electron chi connectivity index (χ1n) is 3.52. The van der Waals surface area contributed by atoms with Gasteiger partial charge in [-0.05, 0) is 12.1 Å². The predicted octanol–water partition coefficient (Wildman–Crippen LogP) is -0.143. The monoisotopic (exact) mass is 218 g/mol. The van der Waals surface area contributed by atoms with E-state index in [2.05, 4.69) is 0 Å². The number of carbonyl (C=O) groups is 1. The highest BCUT2D eigenvalue weighted by atomic mass is 35.5. The van der Waals surface area contributed by atoms with Gasteiger partial charge < -0.3 is 15.2 Å². The van der Waals surface area contributed by atoms with E-state index in [1.54, 1.807) is 0 Å². The highest BCUT2D eigenvalue weighted by Gasteiger charge is 2.21. The summed E-state index contributed by atoms with van der Waals surface area (Å²) in [6.07, 6.45) is 0. The second-order valence-corrected chi connectivity index (χ2v) is 2.91. The first-order valence-corrected chi connectivity index (χ1v) is 3.89. The lowest BCUT2D eigenvalue weighted by atomic mass is 9.79. The Hall–Kier alpha value is -1.11. The van der Waals surface area contributed by atoms with E-state index in [1.165, 1.54) is 0 Å². The molecule has 0 spiro atoms. The largest absolute Gasteiger partial charge is 0.490 e. The van der Waals surface area contributed by atoms with E-state index >= 15 is 0 Å². The average molecular weight is 218 g/mol. The Morgan fingerprint density at radius 1 is 1.43 bits per heavy atom. The summed E-state index contributed by atoms with van der Waals surface area (Å²) >= 11 is 5.50. The van der Waals surface area contributed by atoms with Gasteiger partial charge in [0.15, 0.2) is 0 Å². The number of rotatable bonds is 2. The molecular formula is C7H5BClFO4. The van der Waals surface area contributed by atoms with Gasteiger partial charge in [-0.15, -0.1) is 0 Å². The molecule has 1 aromatic carbocycles. The summed E-state index contributed by atoms with van der Waals surface area (Å²) < 4.78 is 12.8. The van der Waals surface area contributed by atoms with Crippen LogP contribution in [0.15, 0.2) is 12.1 Å². The molecule has 14 heavy (non-hydrogen) atoms. The van der Waals surface area contributed by atoms with Crippen LogP contribution in [-0.2, 0) is 0 Å².